The van der Waals surface area contributed by atoms with Crippen LogP contribution in [0.2, 0.25) is 0 Å². The Hall–Kier alpha value is -7.89. The molecule has 3 aromatic heterocycles. The second-order valence-electron chi connectivity index (χ2n) is 14.7. The molecule has 0 amide bonds. The number of nitrogens with zero attached hydrogens (tertiary/aromatic N) is 3. The van der Waals surface area contributed by atoms with Crippen LogP contribution in [-0.2, 0) is 0 Å². The van der Waals surface area contributed by atoms with Crippen molar-refractivity contribution in [1.82, 2.24) is 15.0 Å². The molecule has 12 aromatic rings. The van der Waals surface area contributed by atoms with E-state index in [4.69, 9.17) is 23.8 Å². The van der Waals surface area contributed by atoms with Crippen LogP contribution in [-0.4, -0.2) is 15.0 Å². The topological polar surface area (TPSA) is 65.0 Å². The van der Waals surface area contributed by atoms with E-state index in [0.29, 0.717) is 17.5 Å². The zero-order valence-corrected chi connectivity index (χ0v) is 31.1. The van der Waals surface area contributed by atoms with E-state index in [1.807, 2.05) is 42.5 Å². The van der Waals surface area contributed by atoms with Crippen LogP contribution in [0.15, 0.2) is 197 Å². The van der Waals surface area contributed by atoms with E-state index in [0.717, 1.165) is 104 Å². The second-order valence-corrected chi connectivity index (χ2v) is 14.7. The molecule has 5 nitrogen and oxygen atoms in total. The third-order valence-electron chi connectivity index (χ3n) is 11.3. The van der Waals surface area contributed by atoms with Gasteiger partial charge in [0.1, 0.15) is 22.3 Å². The monoisotopic (exact) mass is 741 g/mol. The molecule has 5 heteroatoms. The predicted molar refractivity (Wildman–Crippen MR) is 237 cm³/mol. The molecule has 0 spiro atoms. The number of hydrogen-bond donors (Lipinski definition) is 0. The van der Waals surface area contributed by atoms with E-state index in [1.54, 1.807) is 0 Å². The largest absolute Gasteiger partial charge is 0.455 e. The molecular weight excluding hydrogens is 711 g/mol. The average molecular weight is 742 g/mol. The van der Waals surface area contributed by atoms with Gasteiger partial charge >= 0.3 is 0 Å². The minimum Gasteiger partial charge on any atom is -0.455 e. The summed E-state index contributed by atoms with van der Waals surface area (Å²) in [6.45, 7) is 0. The fourth-order valence-electron chi connectivity index (χ4n) is 8.64. The van der Waals surface area contributed by atoms with E-state index in [9.17, 15) is 0 Å². The first-order chi connectivity index (χ1) is 28.8. The summed E-state index contributed by atoms with van der Waals surface area (Å²) in [5, 5.41) is 8.08. The molecule has 0 aliphatic carbocycles. The molecule has 0 atom stereocenters. The van der Waals surface area contributed by atoms with Gasteiger partial charge in [0.15, 0.2) is 17.5 Å². The minimum absolute atomic E-state index is 0.562. The Morgan fingerprint density at radius 2 is 0.655 bits per heavy atom. The lowest BCUT2D eigenvalue weighted by molar-refractivity contribution is 0.673. The zero-order valence-electron chi connectivity index (χ0n) is 31.1. The number of para-hydroxylation sites is 2. The normalized spacial score (nSPS) is 11.8. The molecule has 0 saturated carbocycles. The van der Waals surface area contributed by atoms with Crippen LogP contribution >= 0.6 is 0 Å². The Labute approximate surface area is 332 Å². The van der Waals surface area contributed by atoms with Crippen LogP contribution in [0.1, 0.15) is 0 Å². The molecule has 3 heterocycles. The van der Waals surface area contributed by atoms with Gasteiger partial charge in [-0.25, -0.2) is 15.0 Å². The summed E-state index contributed by atoms with van der Waals surface area (Å²) in [6, 6.07) is 64.8. The molecule has 12 rings (SSSR count). The van der Waals surface area contributed by atoms with Crippen molar-refractivity contribution in [2.75, 3.05) is 0 Å². The molecule has 0 unspecified atom stereocenters. The first kappa shape index (κ1) is 32.4. The molecule has 0 fully saturated rings. The second kappa shape index (κ2) is 12.8. The smallest absolute Gasteiger partial charge is 0.164 e. The van der Waals surface area contributed by atoms with E-state index in [1.165, 1.54) is 0 Å². The van der Waals surface area contributed by atoms with Gasteiger partial charge in [0.05, 0.1) is 0 Å². The van der Waals surface area contributed by atoms with E-state index >= 15 is 0 Å². The van der Waals surface area contributed by atoms with Crippen LogP contribution in [0.3, 0.4) is 0 Å². The number of fused-ring (bicyclic) bond motifs is 10. The van der Waals surface area contributed by atoms with Gasteiger partial charge in [0.25, 0.3) is 0 Å². The van der Waals surface area contributed by atoms with E-state index in [-0.39, 0.29) is 0 Å². The van der Waals surface area contributed by atoms with Gasteiger partial charge in [-0.1, -0.05) is 176 Å². The third-order valence-corrected chi connectivity index (χ3v) is 11.3. The number of furan rings is 2. The van der Waals surface area contributed by atoms with Gasteiger partial charge in [-0.05, 0) is 34.0 Å². The number of aromatic nitrogens is 3. The van der Waals surface area contributed by atoms with E-state index < -0.39 is 0 Å². The van der Waals surface area contributed by atoms with Crippen molar-refractivity contribution in [2.24, 2.45) is 0 Å². The lowest BCUT2D eigenvalue weighted by Gasteiger charge is -2.12. The Bertz CT molecular complexity index is 3340. The lowest BCUT2D eigenvalue weighted by Crippen LogP contribution is -2.01. The SMILES string of the molecule is c1ccc(-c2nc(-c3cc4ccccc4c4oc5c(-c6ccccc6)cccc5c34)nc(-c3cc4ccccc4c4oc5c(-c6ccccc6)cccc5c34)n2)cc1. The minimum atomic E-state index is 0.562. The number of rotatable bonds is 5. The van der Waals surface area contributed by atoms with Crippen molar-refractivity contribution < 1.29 is 8.83 Å². The van der Waals surface area contributed by atoms with Gasteiger partial charge in [-0.2, -0.15) is 0 Å². The molecule has 0 saturated heterocycles. The molecule has 0 bridgehead atoms. The lowest BCUT2D eigenvalue weighted by atomic mass is 9.97. The van der Waals surface area contributed by atoms with Crippen molar-refractivity contribution in [3.8, 4) is 56.4 Å². The summed E-state index contributed by atoms with van der Waals surface area (Å²) >= 11 is 0. The Morgan fingerprint density at radius 3 is 1.12 bits per heavy atom. The van der Waals surface area contributed by atoms with Gasteiger partial charge in [0.2, 0.25) is 0 Å². The molecule has 0 aliphatic rings. The average Bonchev–Trinajstić information content (AvgIpc) is 3.90. The molecule has 58 heavy (non-hydrogen) atoms. The quantitative estimate of drug-likeness (QED) is 0.176. The summed E-state index contributed by atoms with van der Waals surface area (Å²) in [5.41, 5.74) is 10.2. The van der Waals surface area contributed by atoms with Gasteiger partial charge in [-0.3, -0.25) is 0 Å². The van der Waals surface area contributed by atoms with Gasteiger partial charge in [0, 0.05) is 60.1 Å². The van der Waals surface area contributed by atoms with Crippen molar-refractivity contribution >= 4 is 65.4 Å². The van der Waals surface area contributed by atoms with Crippen LogP contribution in [0, 0.1) is 0 Å². The highest BCUT2D eigenvalue weighted by atomic mass is 16.3. The van der Waals surface area contributed by atoms with Gasteiger partial charge < -0.3 is 8.83 Å². The molecule has 0 N–H and O–H groups in total. The highest BCUT2D eigenvalue weighted by molar-refractivity contribution is 6.24. The van der Waals surface area contributed by atoms with Crippen LogP contribution in [0.25, 0.3) is 122 Å². The third kappa shape index (κ3) is 5.00. The number of benzene rings is 9. The maximum atomic E-state index is 6.95. The first-order valence-corrected chi connectivity index (χ1v) is 19.4. The Balaban J connectivity index is 1.19. The summed E-state index contributed by atoms with van der Waals surface area (Å²) in [4.78, 5) is 16.0. The highest BCUT2D eigenvalue weighted by Gasteiger charge is 2.24. The highest BCUT2D eigenvalue weighted by Crippen LogP contribution is 2.46. The fraction of sp³-hybridized carbons (Fsp3) is 0. The van der Waals surface area contributed by atoms with Gasteiger partial charge in [-0.15, -0.1) is 0 Å². The maximum absolute atomic E-state index is 6.95. The van der Waals surface area contributed by atoms with Crippen LogP contribution in [0.5, 0.6) is 0 Å². The summed E-state index contributed by atoms with van der Waals surface area (Å²) in [7, 11) is 0. The summed E-state index contributed by atoms with van der Waals surface area (Å²) < 4.78 is 13.9. The number of hydrogen-bond acceptors (Lipinski definition) is 5. The first-order valence-electron chi connectivity index (χ1n) is 19.4. The van der Waals surface area contributed by atoms with E-state index in [2.05, 4.69) is 146 Å². The van der Waals surface area contributed by atoms with Crippen molar-refractivity contribution in [3.05, 3.63) is 188 Å². The predicted octanol–water partition coefficient (Wildman–Crippen LogP) is 14.3. The van der Waals surface area contributed by atoms with Crippen molar-refractivity contribution in [3.63, 3.8) is 0 Å². The Morgan fingerprint density at radius 1 is 0.276 bits per heavy atom. The molecule has 270 valence electrons. The zero-order chi connectivity index (χ0) is 38.2. The van der Waals surface area contributed by atoms with Crippen LogP contribution < -0.4 is 0 Å². The van der Waals surface area contributed by atoms with Crippen molar-refractivity contribution in [1.29, 1.82) is 0 Å². The molecular formula is C53H31N3O2. The molecule has 0 aliphatic heterocycles. The summed E-state index contributed by atoms with van der Waals surface area (Å²) in [5.74, 6) is 1.71. The molecule has 9 aromatic carbocycles. The standard InChI is InChI=1S/C53H31N3O2/c1-4-16-32(17-5-1)37-26-14-28-41-45-43(30-35-22-10-12-24-39(35)49(45)57-47(37)41)52-54-51(34-20-8-3-9-21-34)55-53(56-52)44-31-36-23-11-13-25-40(36)50-46(44)42-29-15-27-38(48(42)58-50)33-18-6-2-7-19-33/h1-31H. The van der Waals surface area contributed by atoms with Crippen molar-refractivity contribution in [2.45, 2.75) is 0 Å². The Kier molecular flexibility index (Phi) is 7.16. The molecule has 0 radical (unpaired) electrons. The fourth-order valence-corrected chi connectivity index (χ4v) is 8.64. The maximum Gasteiger partial charge on any atom is 0.164 e. The summed E-state index contributed by atoms with van der Waals surface area (Å²) in [6.07, 6.45) is 0. The van der Waals surface area contributed by atoms with Crippen LogP contribution in [0.4, 0.5) is 0 Å².